The topological polar surface area (TPSA) is 69.4 Å². The third kappa shape index (κ3) is 7.11. The molecule has 0 fully saturated rings. The van der Waals surface area contributed by atoms with Crippen LogP contribution >= 0.6 is 0 Å². The lowest BCUT2D eigenvalue weighted by Crippen LogP contribution is -2.16. The Morgan fingerprint density at radius 1 is 1.18 bits per heavy atom. The standard InChI is InChI=1S/C11H13NO3.C2H6/c1-8(13)2-3-9-4-6-10(7-5-9)15-11(12)14;1-2/h4-7H,2-3H2,1H3,(H2,12,14);1-2H3. The fourth-order valence-electron chi connectivity index (χ4n) is 1.16. The van der Waals surface area contributed by atoms with Crippen LogP contribution in [0.4, 0.5) is 4.79 Å². The molecule has 1 amide bonds. The number of primary amides is 1. The van der Waals surface area contributed by atoms with Crippen molar-refractivity contribution in [2.75, 3.05) is 0 Å². The summed E-state index contributed by atoms with van der Waals surface area (Å²) >= 11 is 0. The summed E-state index contributed by atoms with van der Waals surface area (Å²) in [4.78, 5) is 21.2. The second-order valence-electron chi connectivity index (χ2n) is 3.27. The quantitative estimate of drug-likeness (QED) is 0.875. The van der Waals surface area contributed by atoms with Gasteiger partial charge >= 0.3 is 6.09 Å². The van der Waals surface area contributed by atoms with Crippen molar-refractivity contribution >= 4 is 11.9 Å². The lowest BCUT2D eigenvalue weighted by molar-refractivity contribution is -0.116. The number of amides is 1. The molecule has 1 rings (SSSR count). The molecule has 0 aromatic heterocycles. The largest absolute Gasteiger partial charge is 0.411 e. The molecule has 0 atom stereocenters. The Morgan fingerprint density at radius 2 is 1.71 bits per heavy atom. The number of benzene rings is 1. The summed E-state index contributed by atoms with van der Waals surface area (Å²) in [5.74, 6) is 0.571. The van der Waals surface area contributed by atoms with Crippen molar-refractivity contribution in [1.82, 2.24) is 0 Å². The van der Waals surface area contributed by atoms with E-state index in [0.717, 1.165) is 5.56 Å². The highest BCUT2D eigenvalue weighted by Crippen LogP contribution is 2.13. The molecule has 4 heteroatoms. The number of aryl methyl sites for hydroxylation is 1. The van der Waals surface area contributed by atoms with Crippen LogP contribution in [-0.2, 0) is 11.2 Å². The van der Waals surface area contributed by atoms with Crippen LogP contribution in [0.2, 0.25) is 0 Å². The zero-order valence-corrected chi connectivity index (χ0v) is 10.5. The van der Waals surface area contributed by atoms with E-state index in [1.165, 1.54) is 0 Å². The van der Waals surface area contributed by atoms with Gasteiger partial charge < -0.3 is 15.3 Å². The number of ketones is 1. The summed E-state index contributed by atoms with van der Waals surface area (Å²) in [6.07, 6.45) is 0.397. The van der Waals surface area contributed by atoms with Crippen LogP contribution in [0.25, 0.3) is 0 Å². The highest BCUT2D eigenvalue weighted by Gasteiger charge is 2.00. The summed E-state index contributed by atoms with van der Waals surface area (Å²) < 4.78 is 4.67. The van der Waals surface area contributed by atoms with E-state index in [1.54, 1.807) is 31.2 Å². The molecule has 0 unspecified atom stereocenters. The predicted molar refractivity (Wildman–Crippen MR) is 67.0 cm³/mol. The third-order valence-corrected chi connectivity index (χ3v) is 1.91. The minimum Gasteiger partial charge on any atom is -0.411 e. The minimum absolute atomic E-state index is 0.160. The Morgan fingerprint density at radius 3 is 2.12 bits per heavy atom. The molecular formula is C13H19NO3. The summed E-state index contributed by atoms with van der Waals surface area (Å²) in [6.45, 7) is 5.56. The molecule has 0 aliphatic heterocycles. The van der Waals surface area contributed by atoms with Crippen molar-refractivity contribution in [3.8, 4) is 5.75 Å². The molecule has 0 aliphatic rings. The second kappa shape index (κ2) is 8.33. The van der Waals surface area contributed by atoms with E-state index in [1.807, 2.05) is 13.8 Å². The molecule has 2 N–H and O–H groups in total. The Labute approximate surface area is 102 Å². The highest BCUT2D eigenvalue weighted by molar-refractivity contribution is 5.75. The molecule has 4 nitrogen and oxygen atoms in total. The van der Waals surface area contributed by atoms with Crippen molar-refractivity contribution in [2.45, 2.75) is 33.6 Å². The maximum atomic E-state index is 10.7. The molecule has 0 saturated heterocycles. The molecule has 94 valence electrons. The number of rotatable bonds is 4. The number of hydrogen-bond acceptors (Lipinski definition) is 3. The van der Waals surface area contributed by atoms with Crippen molar-refractivity contribution in [3.63, 3.8) is 0 Å². The molecule has 0 spiro atoms. The lowest BCUT2D eigenvalue weighted by Gasteiger charge is -2.02. The van der Waals surface area contributed by atoms with Gasteiger partial charge in [-0.1, -0.05) is 26.0 Å². The fraction of sp³-hybridized carbons (Fsp3) is 0.385. The first-order chi connectivity index (χ1) is 8.08. The van der Waals surface area contributed by atoms with Gasteiger partial charge in [0.05, 0.1) is 0 Å². The average Bonchev–Trinajstić information content (AvgIpc) is 2.30. The van der Waals surface area contributed by atoms with Gasteiger partial charge in [0.25, 0.3) is 0 Å². The van der Waals surface area contributed by atoms with Gasteiger partial charge in [-0.2, -0.15) is 0 Å². The van der Waals surface area contributed by atoms with Crippen molar-refractivity contribution < 1.29 is 14.3 Å². The van der Waals surface area contributed by atoms with E-state index in [2.05, 4.69) is 4.74 Å². The first-order valence-electron chi connectivity index (χ1n) is 5.63. The van der Waals surface area contributed by atoms with Crippen LogP contribution in [0.1, 0.15) is 32.8 Å². The van der Waals surface area contributed by atoms with Crippen LogP contribution in [0.3, 0.4) is 0 Å². The van der Waals surface area contributed by atoms with Crippen LogP contribution < -0.4 is 10.5 Å². The number of nitrogens with two attached hydrogens (primary N) is 1. The van der Waals surface area contributed by atoms with Gasteiger partial charge in [0.2, 0.25) is 0 Å². The molecule has 0 saturated carbocycles. The summed E-state index contributed by atoms with van der Waals surface area (Å²) in [6, 6.07) is 6.92. The van der Waals surface area contributed by atoms with Crippen LogP contribution in [0.5, 0.6) is 5.75 Å². The van der Waals surface area contributed by atoms with Crippen LogP contribution in [0.15, 0.2) is 24.3 Å². The second-order valence-corrected chi connectivity index (χ2v) is 3.27. The van der Waals surface area contributed by atoms with Crippen molar-refractivity contribution in [1.29, 1.82) is 0 Å². The van der Waals surface area contributed by atoms with Gasteiger partial charge in [-0.05, 0) is 31.0 Å². The number of Topliss-reactive ketones (excluding diaryl/α,β-unsaturated/α-hetero) is 1. The maximum absolute atomic E-state index is 10.7. The third-order valence-electron chi connectivity index (χ3n) is 1.91. The van der Waals surface area contributed by atoms with Gasteiger partial charge in [0.15, 0.2) is 0 Å². The van der Waals surface area contributed by atoms with Gasteiger partial charge in [0.1, 0.15) is 11.5 Å². The van der Waals surface area contributed by atoms with E-state index in [4.69, 9.17) is 5.73 Å². The lowest BCUT2D eigenvalue weighted by atomic mass is 10.1. The van der Waals surface area contributed by atoms with Crippen molar-refractivity contribution in [3.05, 3.63) is 29.8 Å². The molecule has 0 aliphatic carbocycles. The van der Waals surface area contributed by atoms with E-state index in [0.29, 0.717) is 18.6 Å². The van der Waals surface area contributed by atoms with E-state index in [-0.39, 0.29) is 5.78 Å². The number of carbonyl (C=O) groups is 2. The maximum Gasteiger partial charge on any atom is 0.409 e. The van der Waals surface area contributed by atoms with Crippen LogP contribution in [0, 0.1) is 0 Å². The zero-order valence-electron chi connectivity index (χ0n) is 10.5. The smallest absolute Gasteiger partial charge is 0.409 e. The normalized spacial score (nSPS) is 8.88. The first-order valence-corrected chi connectivity index (χ1v) is 5.63. The van der Waals surface area contributed by atoms with Crippen LogP contribution in [-0.4, -0.2) is 11.9 Å². The number of hydrogen-bond donors (Lipinski definition) is 1. The summed E-state index contributed by atoms with van der Waals surface area (Å²) in [5, 5.41) is 0. The molecular weight excluding hydrogens is 218 g/mol. The van der Waals surface area contributed by atoms with Gasteiger partial charge in [0, 0.05) is 6.42 Å². The zero-order chi connectivity index (χ0) is 13.3. The Hall–Kier alpha value is -1.84. The van der Waals surface area contributed by atoms with Crippen molar-refractivity contribution in [2.24, 2.45) is 5.73 Å². The fourth-order valence-corrected chi connectivity index (χ4v) is 1.16. The molecule has 17 heavy (non-hydrogen) atoms. The summed E-state index contributed by atoms with van der Waals surface area (Å²) in [5.41, 5.74) is 5.88. The minimum atomic E-state index is -0.827. The molecule has 1 aromatic rings. The van der Waals surface area contributed by atoms with E-state index < -0.39 is 6.09 Å². The van der Waals surface area contributed by atoms with Gasteiger partial charge in [-0.3, -0.25) is 0 Å². The predicted octanol–water partition coefficient (Wildman–Crippen LogP) is 2.69. The average molecular weight is 237 g/mol. The SMILES string of the molecule is CC.CC(=O)CCc1ccc(OC(N)=O)cc1. The number of ether oxygens (including phenoxy) is 1. The Bertz CT molecular complexity index is 357. The Kier molecular flexibility index (Phi) is 7.43. The van der Waals surface area contributed by atoms with E-state index in [9.17, 15) is 9.59 Å². The molecule has 0 heterocycles. The van der Waals surface area contributed by atoms with Gasteiger partial charge in [-0.25, -0.2) is 4.79 Å². The molecule has 0 bridgehead atoms. The summed E-state index contributed by atoms with van der Waals surface area (Å²) in [7, 11) is 0. The molecule has 1 aromatic carbocycles. The highest BCUT2D eigenvalue weighted by atomic mass is 16.5. The monoisotopic (exact) mass is 237 g/mol. The number of carbonyl (C=O) groups excluding carboxylic acids is 2. The first kappa shape index (κ1) is 15.2. The molecule has 0 radical (unpaired) electrons. The van der Waals surface area contributed by atoms with E-state index >= 15 is 0 Å². The Balaban J connectivity index is 0.00000121. The van der Waals surface area contributed by atoms with Gasteiger partial charge in [-0.15, -0.1) is 0 Å².